The third-order valence-corrected chi connectivity index (χ3v) is 3.88. The van der Waals surface area contributed by atoms with Crippen molar-refractivity contribution < 1.29 is 19.5 Å². The maximum Gasteiger partial charge on any atom is 0.357 e. The first kappa shape index (κ1) is 12.3. The molecule has 0 saturated carbocycles. The second-order valence-electron chi connectivity index (χ2n) is 3.42. The van der Waals surface area contributed by atoms with Gasteiger partial charge in [0, 0.05) is 18.8 Å². The number of rotatable bonds is 4. The Kier molecular flexibility index (Phi) is 3.62. The Hall–Kier alpha value is -0.740. The van der Waals surface area contributed by atoms with Gasteiger partial charge in [-0.3, -0.25) is 9.55 Å². The van der Waals surface area contributed by atoms with Crippen molar-refractivity contribution >= 4 is 7.60 Å². The van der Waals surface area contributed by atoms with Gasteiger partial charge in [-0.1, -0.05) is 13.0 Å². The van der Waals surface area contributed by atoms with Crippen LogP contribution in [0.3, 0.4) is 0 Å². The van der Waals surface area contributed by atoms with Crippen LogP contribution in [0.1, 0.15) is 18.9 Å². The fourth-order valence-corrected chi connectivity index (χ4v) is 2.06. The third kappa shape index (κ3) is 2.86. The first-order chi connectivity index (χ1) is 6.89. The third-order valence-electron chi connectivity index (χ3n) is 2.32. The molecular formula is C9H14NO4P. The SMILES string of the molecule is CCC(O)(Cc1cccnc1)P(=O)(O)O. The molecule has 1 aromatic heterocycles. The molecular weight excluding hydrogens is 217 g/mol. The number of hydrogen-bond donors (Lipinski definition) is 3. The van der Waals surface area contributed by atoms with E-state index in [1.807, 2.05) is 0 Å². The van der Waals surface area contributed by atoms with Gasteiger partial charge in [0.05, 0.1) is 0 Å². The molecule has 0 aliphatic carbocycles. The maximum atomic E-state index is 11.1. The fourth-order valence-electron chi connectivity index (χ4n) is 1.26. The van der Waals surface area contributed by atoms with E-state index in [-0.39, 0.29) is 12.8 Å². The molecule has 0 aliphatic rings. The average Bonchev–Trinajstić information content (AvgIpc) is 2.17. The molecule has 1 rings (SSSR count). The molecule has 0 spiro atoms. The summed E-state index contributed by atoms with van der Waals surface area (Å²) in [5, 5.41) is 7.83. The Morgan fingerprint density at radius 2 is 2.20 bits per heavy atom. The van der Waals surface area contributed by atoms with Crippen molar-refractivity contribution in [3.8, 4) is 0 Å². The standard InChI is InChI=1S/C9H14NO4P/c1-2-9(11,15(12,13)14)6-8-4-3-5-10-7-8/h3-5,7,11H,2,6H2,1H3,(H2,12,13,14). The van der Waals surface area contributed by atoms with Crippen LogP contribution in [0.25, 0.3) is 0 Å². The van der Waals surface area contributed by atoms with Crippen LogP contribution in [0, 0.1) is 0 Å². The molecule has 6 heteroatoms. The van der Waals surface area contributed by atoms with E-state index in [9.17, 15) is 9.67 Å². The Labute approximate surface area is 88.0 Å². The van der Waals surface area contributed by atoms with Crippen LogP contribution < -0.4 is 0 Å². The van der Waals surface area contributed by atoms with E-state index in [2.05, 4.69) is 4.98 Å². The van der Waals surface area contributed by atoms with Crippen LogP contribution in [0.2, 0.25) is 0 Å². The molecule has 0 aromatic carbocycles. The van der Waals surface area contributed by atoms with Crippen LogP contribution >= 0.6 is 7.60 Å². The zero-order valence-electron chi connectivity index (χ0n) is 8.37. The van der Waals surface area contributed by atoms with Crippen molar-refractivity contribution in [1.29, 1.82) is 0 Å². The fraction of sp³-hybridized carbons (Fsp3) is 0.444. The van der Waals surface area contributed by atoms with Gasteiger partial charge in [-0.05, 0) is 18.1 Å². The summed E-state index contributed by atoms with van der Waals surface area (Å²) in [6.07, 6.45) is 2.94. The monoisotopic (exact) mass is 231 g/mol. The van der Waals surface area contributed by atoms with Crippen molar-refractivity contribution in [2.24, 2.45) is 0 Å². The summed E-state index contributed by atoms with van der Waals surface area (Å²) in [6, 6.07) is 3.33. The van der Waals surface area contributed by atoms with Crippen molar-refractivity contribution in [3.63, 3.8) is 0 Å². The molecule has 1 atom stereocenters. The molecule has 15 heavy (non-hydrogen) atoms. The normalized spacial score (nSPS) is 16.0. The molecule has 0 bridgehead atoms. The van der Waals surface area contributed by atoms with Crippen molar-refractivity contribution in [2.75, 3.05) is 0 Å². The summed E-state index contributed by atoms with van der Waals surface area (Å²) in [5.41, 5.74) is 0.602. The summed E-state index contributed by atoms with van der Waals surface area (Å²) in [5.74, 6) is 0. The summed E-state index contributed by atoms with van der Waals surface area (Å²) >= 11 is 0. The molecule has 1 heterocycles. The molecule has 1 unspecified atom stereocenters. The number of aromatic nitrogens is 1. The summed E-state index contributed by atoms with van der Waals surface area (Å²) < 4.78 is 11.1. The van der Waals surface area contributed by atoms with Gasteiger partial charge in [-0.2, -0.15) is 0 Å². The quantitative estimate of drug-likeness (QED) is 0.670. The van der Waals surface area contributed by atoms with Gasteiger partial charge >= 0.3 is 7.60 Å². The van der Waals surface area contributed by atoms with E-state index < -0.39 is 12.9 Å². The number of hydrogen-bond acceptors (Lipinski definition) is 3. The van der Waals surface area contributed by atoms with Gasteiger partial charge in [0.1, 0.15) is 0 Å². The van der Waals surface area contributed by atoms with Crippen molar-refractivity contribution in [3.05, 3.63) is 30.1 Å². The first-order valence-corrected chi connectivity index (χ1v) is 6.17. The van der Waals surface area contributed by atoms with Crippen LogP contribution in [-0.4, -0.2) is 25.2 Å². The molecule has 84 valence electrons. The van der Waals surface area contributed by atoms with Gasteiger partial charge < -0.3 is 14.9 Å². The van der Waals surface area contributed by atoms with Crippen LogP contribution in [0.4, 0.5) is 0 Å². The minimum atomic E-state index is -4.53. The molecule has 1 aromatic rings. The molecule has 0 fully saturated rings. The lowest BCUT2D eigenvalue weighted by atomic mass is 10.1. The Bertz CT molecular complexity index is 364. The lowest BCUT2D eigenvalue weighted by Crippen LogP contribution is -2.30. The molecule has 3 N–H and O–H groups in total. The highest BCUT2D eigenvalue weighted by Crippen LogP contribution is 2.52. The zero-order valence-corrected chi connectivity index (χ0v) is 9.26. The van der Waals surface area contributed by atoms with E-state index in [0.29, 0.717) is 5.56 Å². The first-order valence-electron chi connectivity index (χ1n) is 4.56. The molecule has 0 saturated heterocycles. The predicted molar refractivity (Wildman–Crippen MR) is 55.2 cm³/mol. The minimum absolute atomic E-state index is 0.00777. The maximum absolute atomic E-state index is 11.1. The van der Waals surface area contributed by atoms with Crippen molar-refractivity contribution in [1.82, 2.24) is 4.98 Å². The lowest BCUT2D eigenvalue weighted by Gasteiger charge is -2.27. The number of pyridine rings is 1. The van der Waals surface area contributed by atoms with E-state index in [0.717, 1.165) is 0 Å². The van der Waals surface area contributed by atoms with Crippen LogP contribution in [-0.2, 0) is 11.0 Å². The van der Waals surface area contributed by atoms with Gasteiger partial charge in [0.2, 0.25) is 0 Å². The minimum Gasteiger partial charge on any atom is -0.377 e. The van der Waals surface area contributed by atoms with E-state index in [1.54, 1.807) is 18.3 Å². The highest BCUT2D eigenvalue weighted by molar-refractivity contribution is 7.53. The summed E-state index contributed by atoms with van der Waals surface area (Å²) in [6.45, 7) is 1.54. The van der Waals surface area contributed by atoms with Gasteiger partial charge in [-0.25, -0.2) is 0 Å². The highest BCUT2D eigenvalue weighted by Gasteiger charge is 2.43. The van der Waals surface area contributed by atoms with E-state index >= 15 is 0 Å². The van der Waals surface area contributed by atoms with E-state index in [4.69, 9.17) is 9.79 Å². The second-order valence-corrected chi connectivity index (χ2v) is 5.34. The van der Waals surface area contributed by atoms with Gasteiger partial charge in [-0.15, -0.1) is 0 Å². The van der Waals surface area contributed by atoms with Crippen LogP contribution in [0.15, 0.2) is 24.5 Å². The molecule has 0 amide bonds. The zero-order chi connectivity index (χ0) is 11.5. The highest BCUT2D eigenvalue weighted by atomic mass is 31.2. The second kappa shape index (κ2) is 4.41. The molecule has 0 radical (unpaired) electrons. The lowest BCUT2D eigenvalue weighted by molar-refractivity contribution is 0.0872. The average molecular weight is 231 g/mol. The van der Waals surface area contributed by atoms with E-state index in [1.165, 1.54) is 13.1 Å². The van der Waals surface area contributed by atoms with Crippen molar-refractivity contribution in [2.45, 2.75) is 25.1 Å². The predicted octanol–water partition coefficient (Wildman–Crippen LogP) is 0.900. The Morgan fingerprint density at radius 1 is 1.53 bits per heavy atom. The number of aliphatic hydroxyl groups is 1. The van der Waals surface area contributed by atoms with Gasteiger partial charge in [0.15, 0.2) is 5.34 Å². The topological polar surface area (TPSA) is 90.7 Å². The Morgan fingerprint density at radius 3 is 2.60 bits per heavy atom. The number of nitrogens with zero attached hydrogens (tertiary/aromatic N) is 1. The van der Waals surface area contributed by atoms with Gasteiger partial charge in [0.25, 0.3) is 0 Å². The van der Waals surface area contributed by atoms with Crippen LogP contribution in [0.5, 0.6) is 0 Å². The Balaban J connectivity index is 2.92. The largest absolute Gasteiger partial charge is 0.377 e. The smallest absolute Gasteiger partial charge is 0.357 e. The molecule has 0 aliphatic heterocycles. The summed E-state index contributed by atoms with van der Waals surface area (Å²) in [7, 11) is -4.53. The summed E-state index contributed by atoms with van der Waals surface area (Å²) in [4.78, 5) is 21.9. The molecule has 5 nitrogen and oxygen atoms in total.